The molecule has 114 valence electrons. The Balaban J connectivity index is 1.89. The number of carbonyl (C=O) groups excluding carboxylic acids is 3. The second kappa shape index (κ2) is 4.16. The lowest BCUT2D eigenvalue weighted by molar-refractivity contribution is -0.152. The molecule has 0 aromatic rings. The maximum absolute atomic E-state index is 12.2. The Morgan fingerprint density at radius 1 is 1.32 bits per heavy atom. The van der Waals surface area contributed by atoms with Crippen molar-refractivity contribution < 1.29 is 29.0 Å². The van der Waals surface area contributed by atoms with Crippen molar-refractivity contribution in [2.45, 2.75) is 44.0 Å². The Bertz CT molecular complexity index is 725. The standard InChI is InChI=1S/C16H14O6/c1-7-3-2-4-16-14(22-16)13(21-15(16)20)11-8(5-7)12(19)10(18)6-9(11)17/h3,6,13-14,17H,2,4-5H2,1H3. The highest BCUT2D eigenvalue weighted by atomic mass is 16.7. The summed E-state index contributed by atoms with van der Waals surface area (Å²) < 4.78 is 10.9. The summed E-state index contributed by atoms with van der Waals surface area (Å²) in [6, 6.07) is 0. The molecule has 0 aromatic heterocycles. The summed E-state index contributed by atoms with van der Waals surface area (Å²) in [7, 11) is 0. The summed E-state index contributed by atoms with van der Waals surface area (Å²) in [5.74, 6) is -2.18. The van der Waals surface area contributed by atoms with Crippen molar-refractivity contribution in [2.75, 3.05) is 0 Å². The Labute approximate surface area is 126 Å². The van der Waals surface area contributed by atoms with Crippen molar-refractivity contribution in [3.05, 3.63) is 34.6 Å². The van der Waals surface area contributed by atoms with Crippen LogP contribution >= 0.6 is 0 Å². The molecule has 2 heterocycles. The molecule has 6 nitrogen and oxygen atoms in total. The molecule has 2 aliphatic carbocycles. The molecule has 1 N–H and O–H groups in total. The van der Waals surface area contributed by atoms with Gasteiger partial charge in [-0.2, -0.15) is 0 Å². The van der Waals surface area contributed by atoms with E-state index in [-0.39, 0.29) is 23.3 Å². The summed E-state index contributed by atoms with van der Waals surface area (Å²) in [5.41, 5.74) is 0.370. The number of carbonyl (C=O) groups is 3. The average Bonchev–Trinajstić information content (AvgIpc) is 3.12. The van der Waals surface area contributed by atoms with E-state index in [1.807, 2.05) is 13.0 Å². The van der Waals surface area contributed by atoms with Gasteiger partial charge in [0.1, 0.15) is 11.9 Å². The van der Waals surface area contributed by atoms with Crippen LogP contribution in [-0.4, -0.2) is 40.5 Å². The monoisotopic (exact) mass is 302 g/mol. The van der Waals surface area contributed by atoms with Crippen LogP contribution in [0.15, 0.2) is 34.6 Å². The van der Waals surface area contributed by atoms with Gasteiger partial charge >= 0.3 is 5.97 Å². The van der Waals surface area contributed by atoms with Crippen LogP contribution in [-0.2, 0) is 23.9 Å². The molecule has 2 aliphatic heterocycles. The van der Waals surface area contributed by atoms with E-state index in [4.69, 9.17) is 9.47 Å². The number of hydrogen-bond acceptors (Lipinski definition) is 6. The molecule has 0 spiro atoms. The van der Waals surface area contributed by atoms with E-state index < -0.39 is 35.3 Å². The average molecular weight is 302 g/mol. The fourth-order valence-electron chi connectivity index (χ4n) is 3.52. The zero-order chi connectivity index (χ0) is 15.6. The van der Waals surface area contributed by atoms with Crippen molar-refractivity contribution in [2.24, 2.45) is 0 Å². The Morgan fingerprint density at radius 3 is 2.82 bits per heavy atom. The molecule has 2 bridgehead atoms. The summed E-state index contributed by atoms with van der Waals surface area (Å²) >= 11 is 0. The summed E-state index contributed by atoms with van der Waals surface area (Å²) in [4.78, 5) is 36.0. The number of aliphatic hydroxyl groups is 1. The molecular weight excluding hydrogens is 288 g/mol. The van der Waals surface area contributed by atoms with Crippen LogP contribution < -0.4 is 0 Å². The predicted octanol–water partition coefficient (Wildman–Crippen LogP) is 1.07. The second-order valence-electron chi connectivity index (χ2n) is 6.13. The highest BCUT2D eigenvalue weighted by molar-refractivity contribution is 6.48. The number of aliphatic hydroxyl groups excluding tert-OH is 1. The van der Waals surface area contributed by atoms with E-state index in [1.54, 1.807) is 0 Å². The minimum atomic E-state index is -0.957. The maximum atomic E-state index is 12.2. The van der Waals surface area contributed by atoms with Gasteiger partial charge in [-0.15, -0.1) is 0 Å². The maximum Gasteiger partial charge on any atom is 0.342 e. The van der Waals surface area contributed by atoms with Crippen LogP contribution in [0.5, 0.6) is 0 Å². The number of rotatable bonds is 0. The number of ketones is 2. The van der Waals surface area contributed by atoms with Crippen molar-refractivity contribution >= 4 is 17.5 Å². The SMILES string of the molecule is CC1=CCCC23OC2C(OC3=O)C2=C(C1)C(=O)C(=O)C=C2O. The molecule has 22 heavy (non-hydrogen) atoms. The lowest BCUT2D eigenvalue weighted by Crippen LogP contribution is -2.30. The van der Waals surface area contributed by atoms with E-state index in [0.717, 1.165) is 11.6 Å². The van der Waals surface area contributed by atoms with Gasteiger partial charge in [-0.1, -0.05) is 11.6 Å². The van der Waals surface area contributed by atoms with Gasteiger partial charge in [0.15, 0.2) is 11.7 Å². The fraction of sp³-hybridized carbons (Fsp3) is 0.438. The van der Waals surface area contributed by atoms with Crippen LogP contribution in [0.3, 0.4) is 0 Å². The first-order chi connectivity index (χ1) is 10.4. The Hall–Kier alpha value is -2.21. The fourth-order valence-corrected chi connectivity index (χ4v) is 3.52. The van der Waals surface area contributed by atoms with Gasteiger partial charge in [0.2, 0.25) is 11.6 Å². The van der Waals surface area contributed by atoms with Crippen LogP contribution in [0.25, 0.3) is 0 Å². The van der Waals surface area contributed by atoms with E-state index in [2.05, 4.69) is 0 Å². The summed E-state index contributed by atoms with van der Waals surface area (Å²) in [6.07, 6.45) is 2.92. The number of esters is 1. The number of ether oxygens (including phenoxy) is 2. The molecule has 2 saturated heterocycles. The Morgan fingerprint density at radius 2 is 2.09 bits per heavy atom. The van der Waals surface area contributed by atoms with Crippen LogP contribution in [0.2, 0.25) is 0 Å². The van der Waals surface area contributed by atoms with Crippen molar-refractivity contribution in [3.8, 4) is 0 Å². The zero-order valence-electron chi connectivity index (χ0n) is 11.9. The van der Waals surface area contributed by atoms with Gasteiger partial charge in [0.05, 0.1) is 0 Å². The van der Waals surface area contributed by atoms with Crippen molar-refractivity contribution in [1.29, 1.82) is 0 Å². The smallest absolute Gasteiger partial charge is 0.342 e. The highest BCUT2D eigenvalue weighted by Crippen LogP contribution is 2.53. The predicted molar refractivity (Wildman–Crippen MR) is 72.8 cm³/mol. The van der Waals surface area contributed by atoms with Gasteiger partial charge < -0.3 is 14.6 Å². The molecule has 6 heteroatoms. The highest BCUT2D eigenvalue weighted by Gasteiger charge is 2.73. The quantitative estimate of drug-likeness (QED) is 0.236. The molecule has 4 aliphatic rings. The van der Waals surface area contributed by atoms with Crippen LogP contribution in [0.1, 0.15) is 26.2 Å². The second-order valence-corrected chi connectivity index (χ2v) is 6.13. The molecule has 0 aromatic carbocycles. The summed E-state index contributed by atoms with van der Waals surface area (Å²) in [6.45, 7) is 1.85. The van der Waals surface area contributed by atoms with Gasteiger partial charge in [-0.05, 0) is 26.2 Å². The summed E-state index contributed by atoms with van der Waals surface area (Å²) in [5, 5.41) is 10.2. The third-order valence-corrected chi connectivity index (χ3v) is 4.71. The lowest BCUT2D eigenvalue weighted by atomic mass is 9.83. The Kier molecular flexibility index (Phi) is 2.55. The molecule has 3 unspecified atom stereocenters. The molecule has 3 atom stereocenters. The van der Waals surface area contributed by atoms with E-state index in [0.29, 0.717) is 12.8 Å². The number of epoxide rings is 1. The van der Waals surface area contributed by atoms with Crippen LogP contribution in [0.4, 0.5) is 0 Å². The number of Topliss-reactive ketones (excluding diaryl/α,β-unsaturated/α-hetero) is 1. The van der Waals surface area contributed by atoms with E-state index in [1.165, 1.54) is 0 Å². The first-order valence-corrected chi connectivity index (χ1v) is 7.21. The molecule has 2 fully saturated rings. The van der Waals surface area contributed by atoms with Gasteiger partial charge in [0, 0.05) is 17.2 Å². The third kappa shape index (κ3) is 1.61. The largest absolute Gasteiger partial charge is 0.507 e. The lowest BCUT2D eigenvalue weighted by Gasteiger charge is -2.22. The molecule has 4 rings (SSSR count). The molecular formula is C16H14O6. The van der Waals surface area contributed by atoms with E-state index >= 15 is 0 Å². The minimum absolute atomic E-state index is 0.199. The van der Waals surface area contributed by atoms with Gasteiger partial charge in [-0.3, -0.25) is 9.59 Å². The van der Waals surface area contributed by atoms with Crippen molar-refractivity contribution in [3.63, 3.8) is 0 Å². The molecule has 0 amide bonds. The normalized spacial score (nSPS) is 37.0. The number of fused-ring (bicyclic) bond motifs is 1. The number of allylic oxidation sites excluding steroid dienone is 4. The van der Waals surface area contributed by atoms with Crippen LogP contribution in [0, 0.1) is 0 Å². The first-order valence-electron chi connectivity index (χ1n) is 7.21. The molecule has 0 radical (unpaired) electrons. The zero-order valence-corrected chi connectivity index (χ0v) is 11.9. The first kappa shape index (κ1) is 13.5. The number of hydrogen-bond donors (Lipinski definition) is 1. The van der Waals surface area contributed by atoms with Gasteiger partial charge in [0.25, 0.3) is 0 Å². The van der Waals surface area contributed by atoms with E-state index in [9.17, 15) is 19.5 Å². The third-order valence-electron chi connectivity index (χ3n) is 4.71. The molecule has 0 saturated carbocycles. The minimum Gasteiger partial charge on any atom is -0.507 e. The van der Waals surface area contributed by atoms with Crippen molar-refractivity contribution in [1.82, 2.24) is 0 Å². The van der Waals surface area contributed by atoms with Gasteiger partial charge in [-0.25, -0.2) is 4.79 Å². The topological polar surface area (TPSA) is 93.2 Å².